The predicted octanol–water partition coefficient (Wildman–Crippen LogP) is 4.99. The van der Waals surface area contributed by atoms with Crippen molar-refractivity contribution in [2.75, 3.05) is 6.61 Å². The van der Waals surface area contributed by atoms with Crippen molar-refractivity contribution in [1.29, 1.82) is 5.26 Å². The molecule has 0 spiro atoms. The van der Waals surface area contributed by atoms with E-state index in [1.165, 1.54) is 12.1 Å². The first-order chi connectivity index (χ1) is 12.5. The number of imidazole rings is 1. The number of nitriles is 1. The molecule has 4 nitrogen and oxygen atoms in total. The topological polar surface area (TPSA) is 61.7 Å². The third-order valence-corrected chi connectivity index (χ3v) is 5.05. The minimum atomic E-state index is -0.359. The molecule has 0 bridgehead atoms. The molecule has 0 amide bonds. The molecular weight excluding hydrogens is 559 g/mol. The Hall–Kier alpha value is -2.11. The van der Waals surface area contributed by atoms with Gasteiger partial charge in [-0.2, -0.15) is 5.26 Å². The van der Waals surface area contributed by atoms with Gasteiger partial charge in [-0.1, -0.05) is 5.92 Å². The molecule has 0 unspecified atom stereocenters. The van der Waals surface area contributed by atoms with Crippen LogP contribution in [0.15, 0.2) is 30.3 Å². The standard InChI is InChI=1S/C19H10FI2N3O/c1-2-5-26-18-14(21)7-11(8-15(18)22)6-12(10-23)19-24-16-4-3-13(20)9-17(16)25-19/h1,3-4,6-9H,5H2,(H,24,25)/b12-6-. The van der Waals surface area contributed by atoms with Gasteiger partial charge < -0.3 is 9.72 Å². The molecular formula is C19H10FI2N3O. The van der Waals surface area contributed by atoms with Gasteiger partial charge in [0.2, 0.25) is 0 Å². The third-order valence-electron chi connectivity index (χ3n) is 3.45. The molecule has 0 fully saturated rings. The number of H-pyrrole nitrogens is 1. The number of fused-ring (bicyclic) bond motifs is 1. The van der Waals surface area contributed by atoms with E-state index >= 15 is 0 Å². The Balaban J connectivity index is 2.01. The van der Waals surface area contributed by atoms with Crippen LogP contribution in [0.25, 0.3) is 22.7 Å². The lowest BCUT2D eigenvalue weighted by molar-refractivity contribution is 0.365. The largest absolute Gasteiger partial charge is 0.479 e. The van der Waals surface area contributed by atoms with E-state index < -0.39 is 0 Å². The molecule has 0 aliphatic heterocycles. The lowest BCUT2D eigenvalue weighted by Gasteiger charge is -2.09. The van der Waals surface area contributed by atoms with Crippen molar-refractivity contribution in [2.45, 2.75) is 0 Å². The zero-order valence-electron chi connectivity index (χ0n) is 13.2. The van der Waals surface area contributed by atoms with E-state index in [2.05, 4.69) is 67.1 Å². The summed E-state index contributed by atoms with van der Waals surface area (Å²) in [4.78, 5) is 7.34. The maximum Gasteiger partial charge on any atom is 0.149 e. The highest BCUT2D eigenvalue weighted by Crippen LogP contribution is 2.30. The average Bonchev–Trinajstić information content (AvgIpc) is 3.01. The Bertz CT molecular complexity index is 1080. The van der Waals surface area contributed by atoms with Crippen LogP contribution < -0.4 is 4.74 Å². The fourth-order valence-electron chi connectivity index (χ4n) is 2.34. The second-order valence-electron chi connectivity index (χ2n) is 5.22. The number of allylic oxidation sites excluding steroid dienone is 1. The summed E-state index contributed by atoms with van der Waals surface area (Å²) in [5.74, 6) is 3.20. The van der Waals surface area contributed by atoms with Crippen LogP contribution in [-0.2, 0) is 0 Å². The molecule has 3 aromatic rings. The first-order valence-corrected chi connectivity index (χ1v) is 9.50. The first kappa shape index (κ1) is 18.7. The van der Waals surface area contributed by atoms with Gasteiger partial charge >= 0.3 is 0 Å². The maximum atomic E-state index is 13.3. The minimum absolute atomic E-state index is 0.195. The van der Waals surface area contributed by atoms with Crippen molar-refractivity contribution >= 4 is 67.9 Å². The molecule has 0 saturated heterocycles. The van der Waals surface area contributed by atoms with Crippen LogP contribution in [0.4, 0.5) is 4.39 Å². The number of hydrogen-bond donors (Lipinski definition) is 1. The van der Waals surface area contributed by atoms with E-state index in [0.717, 1.165) is 18.5 Å². The zero-order valence-corrected chi connectivity index (χ0v) is 17.5. The van der Waals surface area contributed by atoms with Gasteiger partial charge in [-0.05, 0) is 87.2 Å². The molecule has 7 heteroatoms. The second-order valence-corrected chi connectivity index (χ2v) is 7.55. The number of benzene rings is 2. The van der Waals surface area contributed by atoms with Crippen LogP contribution in [0.3, 0.4) is 0 Å². The number of terminal acetylenes is 1. The summed E-state index contributed by atoms with van der Waals surface area (Å²) in [6, 6.07) is 10.2. The Morgan fingerprint density at radius 3 is 2.69 bits per heavy atom. The summed E-state index contributed by atoms with van der Waals surface area (Å²) in [5.41, 5.74) is 2.33. The lowest BCUT2D eigenvalue weighted by atomic mass is 10.1. The monoisotopic (exact) mass is 569 g/mol. The van der Waals surface area contributed by atoms with Crippen LogP contribution in [0.5, 0.6) is 5.75 Å². The predicted molar refractivity (Wildman–Crippen MR) is 116 cm³/mol. The molecule has 0 aliphatic rings. The summed E-state index contributed by atoms with van der Waals surface area (Å²) < 4.78 is 20.7. The summed E-state index contributed by atoms with van der Waals surface area (Å²) in [5, 5.41) is 9.53. The molecule has 0 saturated carbocycles. The number of halogens is 3. The molecule has 1 aromatic heterocycles. The van der Waals surface area contributed by atoms with E-state index in [4.69, 9.17) is 11.2 Å². The molecule has 0 atom stereocenters. The fraction of sp³-hybridized carbons (Fsp3) is 0.0526. The van der Waals surface area contributed by atoms with Gasteiger partial charge in [0.15, 0.2) is 0 Å². The number of ether oxygens (including phenoxy) is 1. The van der Waals surface area contributed by atoms with Gasteiger partial charge in [0.1, 0.15) is 30.1 Å². The molecule has 0 aliphatic carbocycles. The third kappa shape index (κ3) is 4.00. The van der Waals surface area contributed by atoms with Crippen LogP contribution in [0.1, 0.15) is 11.4 Å². The number of aromatic amines is 1. The summed E-state index contributed by atoms with van der Waals surface area (Å²) in [6.07, 6.45) is 6.96. The number of nitrogens with zero attached hydrogens (tertiary/aromatic N) is 2. The normalized spacial score (nSPS) is 11.2. The van der Waals surface area contributed by atoms with E-state index in [-0.39, 0.29) is 12.4 Å². The van der Waals surface area contributed by atoms with E-state index in [9.17, 15) is 9.65 Å². The maximum absolute atomic E-state index is 13.3. The van der Waals surface area contributed by atoms with Crippen LogP contribution in [0, 0.1) is 36.6 Å². The highest BCUT2D eigenvalue weighted by molar-refractivity contribution is 14.1. The van der Waals surface area contributed by atoms with Crippen molar-refractivity contribution in [2.24, 2.45) is 0 Å². The molecule has 128 valence electrons. The van der Waals surface area contributed by atoms with Gasteiger partial charge in [0.25, 0.3) is 0 Å². The Morgan fingerprint density at radius 1 is 1.31 bits per heavy atom. The van der Waals surface area contributed by atoms with Crippen molar-refractivity contribution in [3.05, 3.63) is 54.7 Å². The highest BCUT2D eigenvalue weighted by Gasteiger charge is 2.11. The summed E-state index contributed by atoms with van der Waals surface area (Å²) in [6.45, 7) is 0.195. The van der Waals surface area contributed by atoms with Gasteiger partial charge in [0, 0.05) is 0 Å². The minimum Gasteiger partial charge on any atom is -0.479 e. The second kappa shape index (κ2) is 8.06. The summed E-state index contributed by atoms with van der Waals surface area (Å²) >= 11 is 4.33. The first-order valence-electron chi connectivity index (χ1n) is 7.34. The molecule has 0 radical (unpaired) electrons. The molecule has 2 aromatic carbocycles. The van der Waals surface area contributed by atoms with Crippen molar-refractivity contribution < 1.29 is 9.13 Å². The molecule has 26 heavy (non-hydrogen) atoms. The number of aromatic nitrogens is 2. The fourth-order valence-corrected chi connectivity index (χ4v) is 4.47. The Morgan fingerprint density at radius 2 is 2.04 bits per heavy atom. The lowest BCUT2D eigenvalue weighted by Crippen LogP contribution is -1.98. The van der Waals surface area contributed by atoms with Crippen LogP contribution >= 0.6 is 45.2 Å². The van der Waals surface area contributed by atoms with Crippen molar-refractivity contribution in [3.63, 3.8) is 0 Å². The average molecular weight is 569 g/mol. The van der Waals surface area contributed by atoms with E-state index in [1.54, 1.807) is 12.1 Å². The van der Waals surface area contributed by atoms with Crippen LogP contribution in [-0.4, -0.2) is 16.6 Å². The molecule has 1 heterocycles. The van der Waals surface area contributed by atoms with Gasteiger partial charge in [-0.15, -0.1) is 6.42 Å². The number of hydrogen-bond acceptors (Lipinski definition) is 3. The highest BCUT2D eigenvalue weighted by atomic mass is 127. The Labute approximate surface area is 176 Å². The number of rotatable bonds is 4. The Kier molecular flexibility index (Phi) is 5.79. The zero-order chi connectivity index (χ0) is 18.7. The quantitative estimate of drug-likeness (QED) is 0.274. The smallest absolute Gasteiger partial charge is 0.149 e. The van der Waals surface area contributed by atoms with E-state index in [1.807, 2.05) is 12.1 Å². The number of nitrogens with one attached hydrogen (secondary N) is 1. The molecule has 1 N–H and O–H groups in total. The summed E-state index contributed by atoms with van der Waals surface area (Å²) in [7, 11) is 0. The van der Waals surface area contributed by atoms with Crippen LogP contribution in [0.2, 0.25) is 0 Å². The SMILES string of the molecule is C#CCOc1c(I)cc(/C=C(/C#N)c2nc3ccc(F)cc3[nH]2)cc1I. The van der Waals surface area contributed by atoms with Gasteiger partial charge in [0.05, 0.1) is 23.7 Å². The van der Waals surface area contributed by atoms with Crippen molar-refractivity contribution in [3.8, 4) is 24.2 Å². The van der Waals surface area contributed by atoms with Gasteiger partial charge in [-0.25, -0.2) is 9.37 Å². The van der Waals surface area contributed by atoms with E-state index in [0.29, 0.717) is 22.4 Å². The van der Waals surface area contributed by atoms with Gasteiger partial charge in [-0.3, -0.25) is 0 Å². The molecule has 3 rings (SSSR count). The van der Waals surface area contributed by atoms with Crippen molar-refractivity contribution in [1.82, 2.24) is 9.97 Å².